The lowest BCUT2D eigenvalue weighted by molar-refractivity contribution is 0.0236. The zero-order chi connectivity index (χ0) is 17.1. The van der Waals surface area contributed by atoms with Gasteiger partial charge in [-0.1, -0.05) is 30.3 Å². The van der Waals surface area contributed by atoms with E-state index in [-0.39, 0.29) is 29.3 Å². The molecule has 2 aromatic rings. The average Bonchev–Trinajstić information content (AvgIpc) is 2.51. The average molecular weight is 327 g/mol. The quantitative estimate of drug-likeness (QED) is 0.881. The summed E-state index contributed by atoms with van der Waals surface area (Å²) in [6.07, 6.45) is 1.74. The molecule has 5 heteroatoms. The van der Waals surface area contributed by atoms with Crippen LogP contribution in [0.1, 0.15) is 34.7 Å². The van der Waals surface area contributed by atoms with Crippen LogP contribution in [-0.2, 0) is 6.42 Å². The van der Waals surface area contributed by atoms with Crippen LogP contribution in [0.2, 0.25) is 0 Å². The molecule has 0 spiro atoms. The van der Waals surface area contributed by atoms with Gasteiger partial charge in [-0.25, -0.2) is 0 Å². The van der Waals surface area contributed by atoms with Crippen molar-refractivity contribution in [3.63, 3.8) is 0 Å². The molecule has 1 saturated carbocycles. The first-order chi connectivity index (χ1) is 11.5. The maximum absolute atomic E-state index is 12.5. The summed E-state index contributed by atoms with van der Waals surface area (Å²) in [4.78, 5) is 24.0. The first kappa shape index (κ1) is 16.5. The van der Waals surface area contributed by atoms with Crippen molar-refractivity contribution in [3.05, 3.63) is 69.8 Å². The van der Waals surface area contributed by atoms with Gasteiger partial charge in [0.2, 0.25) is 0 Å². The van der Waals surface area contributed by atoms with Crippen molar-refractivity contribution < 1.29 is 14.3 Å². The second-order valence-electron chi connectivity index (χ2n) is 6.42. The van der Waals surface area contributed by atoms with Crippen LogP contribution in [0, 0.1) is 12.8 Å². The van der Waals surface area contributed by atoms with Gasteiger partial charge in [0, 0.05) is 18.2 Å². The number of amides is 1. The van der Waals surface area contributed by atoms with Crippen molar-refractivity contribution in [1.29, 1.82) is 0 Å². The number of benzene rings is 1. The van der Waals surface area contributed by atoms with Crippen LogP contribution in [0.3, 0.4) is 0 Å². The molecule has 1 amide bonds. The van der Waals surface area contributed by atoms with Crippen molar-refractivity contribution in [2.75, 3.05) is 0 Å². The number of nitrogens with one attached hydrogen (secondary N) is 1. The van der Waals surface area contributed by atoms with E-state index in [9.17, 15) is 14.7 Å². The van der Waals surface area contributed by atoms with Crippen LogP contribution in [0.5, 0.6) is 0 Å². The summed E-state index contributed by atoms with van der Waals surface area (Å²) in [5.41, 5.74) is 0.873. The van der Waals surface area contributed by atoms with Gasteiger partial charge in [0.05, 0.1) is 6.10 Å². The van der Waals surface area contributed by atoms with Gasteiger partial charge >= 0.3 is 0 Å². The second-order valence-corrected chi connectivity index (χ2v) is 6.42. The lowest BCUT2D eigenvalue weighted by atomic mass is 9.75. The molecule has 2 N–H and O–H groups in total. The molecule has 0 bridgehead atoms. The first-order valence-corrected chi connectivity index (χ1v) is 8.16. The molecule has 1 atom stereocenters. The highest BCUT2D eigenvalue weighted by Crippen LogP contribution is 2.31. The normalized spacial score (nSPS) is 20.9. The maximum atomic E-state index is 12.5. The van der Waals surface area contributed by atoms with Gasteiger partial charge in [0.1, 0.15) is 5.76 Å². The second kappa shape index (κ2) is 7.01. The number of rotatable bonds is 5. The number of hydrogen-bond donors (Lipinski definition) is 2. The van der Waals surface area contributed by atoms with E-state index in [0.717, 1.165) is 5.56 Å². The van der Waals surface area contributed by atoms with Gasteiger partial charge in [-0.05, 0) is 37.7 Å². The molecule has 1 heterocycles. The summed E-state index contributed by atoms with van der Waals surface area (Å²) in [6, 6.07) is 12.4. The molecule has 0 unspecified atom stereocenters. The maximum Gasteiger partial charge on any atom is 0.287 e. The summed E-state index contributed by atoms with van der Waals surface area (Å²) in [6.45, 7) is 1.64. The molecule has 1 aliphatic rings. The van der Waals surface area contributed by atoms with Crippen LogP contribution in [0.25, 0.3) is 0 Å². The minimum absolute atomic E-state index is 0.0259. The van der Waals surface area contributed by atoms with Gasteiger partial charge in [-0.2, -0.15) is 0 Å². The Hall–Kier alpha value is -2.40. The van der Waals surface area contributed by atoms with Gasteiger partial charge in [-0.3, -0.25) is 9.59 Å². The van der Waals surface area contributed by atoms with E-state index in [4.69, 9.17) is 4.42 Å². The first-order valence-electron chi connectivity index (χ1n) is 8.16. The Balaban J connectivity index is 1.75. The third kappa shape index (κ3) is 3.92. The standard InChI is InChI=1S/C19H21NO4/c1-12-7-15(21)11-18(24-12)19(23)20-17(14-9-16(22)10-14)8-13-5-3-2-4-6-13/h2-7,11,14,16-17,22H,8-10H2,1H3,(H,20,23)/t14?,16?,17-/m1/s1. The number of aliphatic hydroxyl groups excluding tert-OH is 1. The lowest BCUT2D eigenvalue weighted by Crippen LogP contribution is -2.48. The molecule has 0 radical (unpaired) electrons. The summed E-state index contributed by atoms with van der Waals surface area (Å²) in [5, 5.41) is 12.6. The lowest BCUT2D eigenvalue weighted by Gasteiger charge is -2.38. The predicted octanol–water partition coefficient (Wildman–Crippen LogP) is 2.06. The van der Waals surface area contributed by atoms with E-state index in [0.29, 0.717) is 25.0 Å². The Morgan fingerprint density at radius 2 is 2.00 bits per heavy atom. The number of hydrogen-bond acceptors (Lipinski definition) is 4. The Bertz CT molecular complexity index is 762. The summed E-state index contributed by atoms with van der Waals surface area (Å²) < 4.78 is 5.36. The van der Waals surface area contributed by atoms with E-state index in [2.05, 4.69) is 5.32 Å². The Morgan fingerprint density at radius 3 is 2.62 bits per heavy atom. The highest BCUT2D eigenvalue weighted by molar-refractivity contribution is 5.91. The molecule has 1 aromatic heterocycles. The number of aryl methyl sites for hydroxylation is 1. The molecule has 1 aromatic carbocycles. The van der Waals surface area contributed by atoms with E-state index in [1.807, 2.05) is 30.3 Å². The van der Waals surface area contributed by atoms with Crippen molar-refractivity contribution in [2.24, 2.45) is 5.92 Å². The summed E-state index contributed by atoms with van der Waals surface area (Å²) in [7, 11) is 0. The molecular formula is C19H21NO4. The zero-order valence-electron chi connectivity index (χ0n) is 13.6. The van der Waals surface area contributed by atoms with Crippen molar-refractivity contribution in [2.45, 2.75) is 38.3 Å². The van der Waals surface area contributed by atoms with Crippen LogP contribution in [-0.4, -0.2) is 23.2 Å². The highest BCUT2D eigenvalue weighted by Gasteiger charge is 2.35. The Kier molecular flexibility index (Phi) is 4.81. The van der Waals surface area contributed by atoms with Gasteiger partial charge < -0.3 is 14.8 Å². The fourth-order valence-electron chi connectivity index (χ4n) is 3.12. The van der Waals surface area contributed by atoms with Crippen LogP contribution in [0.4, 0.5) is 0 Å². The molecule has 0 saturated heterocycles. The Labute approximate surface area is 140 Å². The number of aliphatic hydroxyl groups is 1. The van der Waals surface area contributed by atoms with E-state index >= 15 is 0 Å². The van der Waals surface area contributed by atoms with Gasteiger partial charge in [-0.15, -0.1) is 0 Å². The van der Waals surface area contributed by atoms with Crippen LogP contribution in [0.15, 0.2) is 51.7 Å². The summed E-state index contributed by atoms with van der Waals surface area (Å²) >= 11 is 0. The largest absolute Gasteiger partial charge is 0.456 e. The monoisotopic (exact) mass is 327 g/mol. The summed E-state index contributed by atoms with van der Waals surface area (Å²) in [5.74, 6) is 0.267. The minimum atomic E-state index is -0.391. The highest BCUT2D eigenvalue weighted by atomic mass is 16.3. The molecular weight excluding hydrogens is 306 g/mol. The molecule has 5 nitrogen and oxygen atoms in total. The van der Waals surface area contributed by atoms with Crippen LogP contribution < -0.4 is 10.7 Å². The minimum Gasteiger partial charge on any atom is -0.456 e. The number of carbonyl (C=O) groups is 1. The van der Waals surface area contributed by atoms with E-state index in [1.54, 1.807) is 6.92 Å². The van der Waals surface area contributed by atoms with E-state index in [1.165, 1.54) is 12.1 Å². The van der Waals surface area contributed by atoms with Crippen molar-refractivity contribution in [3.8, 4) is 0 Å². The smallest absolute Gasteiger partial charge is 0.287 e. The molecule has 0 aliphatic heterocycles. The fraction of sp³-hybridized carbons (Fsp3) is 0.368. The van der Waals surface area contributed by atoms with Gasteiger partial charge in [0.15, 0.2) is 11.2 Å². The third-order valence-electron chi connectivity index (χ3n) is 4.45. The molecule has 126 valence electrons. The molecule has 1 fully saturated rings. The molecule has 3 rings (SSSR count). The zero-order valence-corrected chi connectivity index (χ0v) is 13.6. The third-order valence-corrected chi connectivity index (χ3v) is 4.45. The van der Waals surface area contributed by atoms with Gasteiger partial charge in [0.25, 0.3) is 5.91 Å². The fourth-order valence-corrected chi connectivity index (χ4v) is 3.12. The topological polar surface area (TPSA) is 79.5 Å². The van der Waals surface area contributed by atoms with E-state index < -0.39 is 5.91 Å². The molecule has 24 heavy (non-hydrogen) atoms. The van der Waals surface area contributed by atoms with Crippen molar-refractivity contribution >= 4 is 5.91 Å². The van der Waals surface area contributed by atoms with Crippen molar-refractivity contribution in [1.82, 2.24) is 5.32 Å². The SMILES string of the molecule is Cc1cc(=O)cc(C(=O)N[C@H](Cc2ccccc2)C2CC(O)C2)o1. The van der Waals surface area contributed by atoms with Crippen LogP contribution >= 0.6 is 0 Å². The molecule has 1 aliphatic carbocycles. The predicted molar refractivity (Wildman–Crippen MR) is 89.8 cm³/mol. The number of carbonyl (C=O) groups excluding carboxylic acids is 1. The Morgan fingerprint density at radius 1 is 1.29 bits per heavy atom.